The Bertz CT molecular complexity index is 866. The van der Waals surface area contributed by atoms with Gasteiger partial charge in [0.2, 0.25) is 5.91 Å². The predicted octanol–water partition coefficient (Wildman–Crippen LogP) is 2.40. The van der Waals surface area contributed by atoms with Crippen LogP contribution in [0.5, 0.6) is 0 Å². The van der Waals surface area contributed by atoms with Crippen LogP contribution in [-0.2, 0) is 17.9 Å². The molecule has 0 saturated heterocycles. The quantitative estimate of drug-likeness (QED) is 0.530. The number of nitrogens with zero attached hydrogens (tertiary/aromatic N) is 6. The minimum absolute atomic E-state index is 0.0297. The summed E-state index contributed by atoms with van der Waals surface area (Å²) >= 11 is 0. The Morgan fingerprint density at radius 1 is 0.903 bits per heavy atom. The summed E-state index contributed by atoms with van der Waals surface area (Å²) in [5.74, 6) is 1.53. The highest BCUT2D eigenvalue weighted by atomic mass is 16.2. The van der Waals surface area contributed by atoms with Crippen LogP contribution in [0, 0.1) is 11.8 Å². The lowest BCUT2D eigenvalue weighted by Gasteiger charge is -2.20. The van der Waals surface area contributed by atoms with Crippen molar-refractivity contribution >= 4 is 17.6 Å². The minimum atomic E-state index is -0.154. The van der Waals surface area contributed by atoms with Crippen molar-refractivity contribution in [1.82, 2.24) is 35.3 Å². The number of nitrogens with one attached hydrogen (secondary N) is 2. The summed E-state index contributed by atoms with van der Waals surface area (Å²) in [5, 5.41) is 21.9. The van der Waals surface area contributed by atoms with Crippen LogP contribution < -0.4 is 10.6 Å². The van der Waals surface area contributed by atoms with Crippen molar-refractivity contribution in [2.45, 2.75) is 77.3 Å². The molecule has 4 rings (SSSR count). The molecule has 2 aliphatic rings. The van der Waals surface area contributed by atoms with Gasteiger partial charge in [-0.15, -0.1) is 10.2 Å². The normalized spacial score (nSPS) is 16.9. The number of hydrogen-bond acceptors (Lipinski definition) is 6. The van der Waals surface area contributed by atoms with Crippen LogP contribution in [0.3, 0.4) is 0 Å². The summed E-state index contributed by atoms with van der Waals surface area (Å²) in [6, 6.07) is 0. The van der Waals surface area contributed by atoms with Gasteiger partial charge in [-0.05, 0) is 50.4 Å². The van der Waals surface area contributed by atoms with Crippen molar-refractivity contribution in [3.05, 3.63) is 18.1 Å². The summed E-state index contributed by atoms with van der Waals surface area (Å²) in [6.07, 6.45) is 14.3. The highest BCUT2D eigenvalue weighted by molar-refractivity contribution is 5.91. The molecule has 2 saturated carbocycles. The molecule has 10 heteroatoms. The van der Waals surface area contributed by atoms with Gasteiger partial charge < -0.3 is 10.6 Å². The first-order valence-corrected chi connectivity index (χ1v) is 11.5. The van der Waals surface area contributed by atoms with Gasteiger partial charge in [0.15, 0.2) is 11.5 Å². The third-order valence-corrected chi connectivity index (χ3v) is 6.05. The number of amides is 2. The fraction of sp³-hybridized carbons (Fsp3) is 0.714. The maximum absolute atomic E-state index is 12.2. The molecule has 2 fully saturated rings. The van der Waals surface area contributed by atoms with Crippen LogP contribution in [-0.4, -0.2) is 48.3 Å². The van der Waals surface area contributed by atoms with E-state index in [0.717, 1.165) is 32.2 Å². The molecular formula is C21H32N8O2. The summed E-state index contributed by atoms with van der Waals surface area (Å²) in [5.41, 5.74) is 0.366. The first-order chi connectivity index (χ1) is 15.2. The zero-order chi connectivity index (χ0) is 21.5. The fourth-order valence-electron chi connectivity index (χ4n) is 4.02. The summed E-state index contributed by atoms with van der Waals surface area (Å²) < 4.78 is 3.44. The van der Waals surface area contributed by atoms with Gasteiger partial charge in [0.25, 0.3) is 5.91 Å². The first-order valence-electron chi connectivity index (χ1n) is 11.5. The number of carbonyl (C=O) groups excluding carboxylic acids is 2. The van der Waals surface area contributed by atoms with Gasteiger partial charge in [0.1, 0.15) is 0 Å². The Labute approximate surface area is 182 Å². The van der Waals surface area contributed by atoms with Gasteiger partial charge in [-0.3, -0.25) is 19.0 Å². The second kappa shape index (κ2) is 10.5. The molecule has 2 heterocycles. The van der Waals surface area contributed by atoms with E-state index < -0.39 is 0 Å². The second-order valence-corrected chi connectivity index (χ2v) is 8.85. The lowest BCUT2D eigenvalue weighted by atomic mass is 9.87. The van der Waals surface area contributed by atoms with Gasteiger partial charge >= 0.3 is 0 Å². The topological polar surface area (TPSA) is 120 Å². The minimum Gasteiger partial charge on any atom is -0.350 e. The van der Waals surface area contributed by atoms with Gasteiger partial charge in [-0.25, -0.2) is 0 Å². The van der Waals surface area contributed by atoms with E-state index in [1.807, 2.05) is 0 Å². The van der Waals surface area contributed by atoms with Crippen LogP contribution in [0.1, 0.15) is 74.7 Å². The number of aryl methyl sites for hydroxylation is 2. The molecule has 2 aromatic heterocycles. The number of unbranched alkanes of at least 4 members (excludes halogenated alkanes) is 1. The van der Waals surface area contributed by atoms with E-state index in [0.29, 0.717) is 42.9 Å². The van der Waals surface area contributed by atoms with Crippen LogP contribution in [0.25, 0.3) is 0 Å². The van der Waals surface area contributed by atoms with Crippen molar-refractivity contribution < 1.29 is 9.59 Å². The van der Waals surface area contributed by atoms with E-state index >= 15 is 0 Å². The molecule has 31 heavy (non-hydrogen) atoms. The van der Waals surface area contributed by atoms with E-state index in [4.69, 9.17) is 0 Å². The third kappa shape index (κ3) is 6.86. The van der Waals surface area contributed by atoms with Crippen molar-refractivity contribution in [1.29, 1.82) is 0 Å². The summed E-state index contributed by atoms with van der Waals surface area (Å²) in [7, 11) is 0. The van der Waals surface area contributed by atoms with Crippen LogP contribution in [0.15, 0.2) is 12.4 Å². The van der Waals surface area contributed by atoms with Crippen molar-refractivity contribution in [2.75, 3.05) is 11.9 Å². The molecule has 10 nitrogen and oxygen atoms in total. The Balaban J connectivity index is 1.12. The molecule has 0 unspecified atom stereocenters. The lowest BCUT2D eigenvalue weighted by molar-refractivity contribution is -0.117. The van der Waals surface area contributed by atoms with E-state index in [2.05, 4.69) is 31.3 Å². The summed E-state index contributed by atoms with van der Waals surface area (Å²) in [6.45, 7) is 2.12. The standard InChI is InChI=1S/C21H32N8O2/c30-20(12-16-6-2-1-3-7-16)23-19-15-29(27-25-19)11-5-4-10-28-14-18(24-26-28)21(31)22-13-17-8-9-17/h14-17H,1-13H2,(H,22,31)(H,23,30). The molecule has 2 N–H and O–H groups in total. The molecule has 2 aromatic rings. The highest BCUT2D eigenvalue weighted by Gasteiger charge is 2.22. The summed E-state index contributed by atoms with van der Waals surface area (Å²) in [4.78, 5) is 24.2. The number of rotatable bonds is 11. The van der Waals surface area contributed by atoms with Crippen LogP contribution >= 0.6 is 0 Å². The fourth-order valence-corrected chi connectivity index (χ4v) is 4.02. The molecule has 0 radical (unpaired) electrons. The van der Waals surface area contributed by atoms with Crippen LogP contribution in [0.4, 0.5) is 5.82 Å². The Kier molecular flexibility index (Phi) is 7.26. The molecule has 0 atom stereocenters. The Hall–Kier alpha value is -2.78. The largest absolute Gasteiger partial charge is 0.350 e. The first kappa shape index (κ1) is 21.5. The maximum atomic E-state index is 12.2. The zero-order valence-corrected chi connectivity index (χ0v) is 18.0. The molecule has 0 spiro atoms. The average molecular weight is 429 g/mol. The number of aromatic nitrogens is 6. The molecular weight excluding hydrogens is 396 g/mol. The predicted molar refractivity (Wildman–Crippen MR) is 114 cm³/mol. The highest BCUT2D eigenvalue weighted by Crippen LogP contribution is 2.27. The zero-order valence-electron chi connectivity index (χ0n) is 18.0. The smallest absolute Gasteiger partial charge is 0.273 e. The van der Waals surface area contributed by atoms with E-state index in [9.17, 15) is 9.59 Å². The average Bonchev–Trinajstić information content (AvgIpc) is 3.29. The van der Waals surface area contributed by atoms with Gasteiger partial charge in [-0.2, -0.15) is 0 Å². The number of hydrogen-bond donors (Lipinski definition) is 2. The number of anilines is 1. The van der Waals surface area contributed by atoms with E-state index in [1.54, 1.807) is 21.8 Å². The Morgan fingerprint density at radius 2 is 1.61 bits per heavy atom. The molecule has 0 aromatic carbocycles. The lowest BCUT2D eigenvalue weighted by Crippen LogP contribution is -2.25. The van der Waals surface area contributed by atoms with Crippen molar-refractivity contribution in [3.63, 3.8) is 0 Å². The van der Waals surface area contributed by atoms with Crippen LogP contribution in [0.2, 0.25) is 0 Å². The Morgan fingerprint density at radius 3 is 2.35 bits per heavy atom. The third-order valence-electron chi connectivity index (χ3n) is 6.05. The van der Waals surface area contributed by atoms with Gasteiger partial charge in [-0.1, -0.05) is 29.7 Å². The van der Waals surface area contributed by atoms with E-state index in [1.165, 1.54) is 32.1 Å². The van der Waals surface area contributed by atoms with E-state index in [-0.39, 0.29) is 11.8 Å². The van der Waals surface area contributed by atoms with Gasteiger partial charge in [0, 0.05) is 26.1 Å². The molecule has 0 aliphatic heterocycles. The monoisotopic (exact) mass is 428 g/mol. The molecule has 2 amide bonds. The van der Waals surface area contributed by atoms with Crippen molar-refractivity contribution in [2.24, 2.45) is 11.8 Å². The second-order valence-electron chi connectivity index (χ2n) is 8.85. The molecule has 2 aliphatic carbocycles. The number of carbonyl (C=O) groups is 2. The SMILES string of the molecule is O=C(CC1CCCCC1)Nc1cn(CCCCn2cc(C(=O)NCC3CC3)nn2)nn1. The maximum Gasteiger partial charge on any atom is 0.273 e. The van der Waals surface area contributed by atoms with Gasteiger partial charge in [0.05, 0.1) is 12.4 Å². The molecule has 168 valence electrons. The van der Waals surface area contributed by atoms with Crippen molar-refractivity contribution in [3.8, 4) is 0 Å². The molecule has 0 bridgehead atoms.